The molecule has 1 aliphatic carbocycles. The highest BCUT2D eigenvalue weighted by Crippen LogP contribution is 2.57. The lowest BCUT2D eigenvalue weighted by Crippen LogP contribution is -2.37. The lowest BCUT2D eigenvalue weighted by atomic mass is 9.84. The van der Waals surface area contributed by atoms with Crippen LogP contribution in [0.5, 0.6) is 0 Å². The third kappa shape index (κ3) is 2.95. The summed E-state index contributed by atoms with van der Waals surface area (Å²) in [5.41, 5.74) is 5.41. The summed E-state index contributed by atoms with van der Waals surface area (Å²) in [6.45, 7) is 1.94. The smallest absolute Gasteiger partial charge is 0.284 e. The maximum Gasteiger partial charge on any atom is 0.284 e. The molecule has 29 heavy (non-hydrogen) atoms. The van der Waals surface area contributed by atoms with E-state index in [-0.39, 0.29) is 35.2 Å². The van der Waals surface area contributed by atoms with Crippen LogP contribution in [-0.2, 0) is 10.3 Å². The minimum absolute atomic E-state index is 0.0661. The van der Waals surface area contributed by atoms with Gasteiger partial charge in [-0.3, -0.25) is 4.79 Å². The van der Waals surface area contributed by atoms with Gasteiger partial charge in [0.15, 0.2) is 5.54 Å². The number of amidine groups is 1. The predicted octanol–water partition coefficient (Wildman–Crippen LogP) is 2.15. The van der Waals surface area contributed by atoms with E-state index in [9.17, 15) is 9.18 Å². The number of aromatic nitrogens is 1. The number of hydrogen-bond donors (Lipinski definition) is 2. The Balaban J connectivity index is 1.68. The largest absolute Gasteiger partial charge is 0.461 e. The molecule has 2 aliphatic rings. The molecule has 0 radical (unpaired) electrons. The second-order valence-electron chi connectivity index (χ2n) is 7.02. The van der Waals surface area contributed by atoms with E-state index < -0.39 is 17.3 Å². The first-order valence-corrected chi connectivity index (χ1v) is 8.87. The van der Waals surface area contributed by atoms with Crippen LogP contribution in [-0.4, -0.2) is 23.0 Å². The van der Waals surface area contributed by atoms with Crippen molar-refractivity contribution in [2.45, 2.75) is 18.6 Å². The number of nitrogens with two attached hydrogens (primary N) is 1. The van der Waals surface area contributed by atoms with Crippen LogP contribution < -0.4 is 11.1 Å². The number of benzene rings is 1. The first kappa shape index (κ1) is 18.5. The molecule has 7 nitrogen and oxygen atoms in total. The van der Waals surface area contributed by atoms with Crippen LogP contribution in [0.4, 0.5) is 10.1 Å². The van der Waals surface area contributed by atoms with E-state index in [4.69, 9.17) is 22.2 Å². The number of rotatable bonds is 3. The molecule has 3 N–H and O–H groups in total. The third-order valence-electron chi connectivity index (χ3n) is 5.30. The SMILES string of the molecule is C#C[C@]1(c2cc(NC(=O)c3ccc(C#N)cn3)ccc2F)N=C(N)OC2C(C)C21. The van der Waals surface area contributed by atoms with Crippen molar-refractivity contribution < 1.29 is 13.9 Å². The highest BCUT2D eigenvalue weighted by molar-refractivity contribution is 6.02. The van der Waals surface area contributed by atoms with Gasteiger partial charge in [-0.25, -0.2) is 14.4 Å². The number of anilines is 1. The van der Waals surface area contributed by atoms with Gasteiger partial charge < -0.3 is 15.8 Å². The summed E-state index contributed by atoms with van der Waals surface area (Å²) in [6.07, 6.45) is 6.87. The van der Waals surface area contributed by atoms with E-state index in [1.165, 1.54) is 36.5 Å². The summed E-state index contributed by atoms with van der Waals surface area (Å²) in [5, 5.41) is 11.5. The first-order chi connectivity index (χ1) is 13.9. The quantitative estimate of drug-likeness (QED) is 0.781. The Kier molecular flexibility index (Phi) is 4.20. The molecule has 8 heteroatoms. The minimum Gasteiger partial charge on any atom is -0.461 e. The maximum absolute atomic E-state index is 14.8. The molecule has 4 rings (SSSR count). The number of pyridine rings is 1. The summed E-state index contributed by atoms with van der Waals surface area (Å²) in [6, 6.07) is 8.87. The lowest BCUT2D eigenvalue weighted by molar-refractivity contribution is 0.102. The number of hydrogen-bond acceptors (Lipinski definition) is 6. The van der Waals surface area contributed by atoms with E-state index in [0.717, 1.165) is 0 Å². The van der Waals surface area contributed by atoms with Crippen molar-refractivity contribution in [3.8, 4) is 18.4 Å². The van der Waals surface area contributed by atoms with Crippen LogP contribution in [0, 0.1) is 41.3 Å². The molecule has 1 amide bonds. The van der Waals surface area contributed by atoms with Gasteiger partial charge in [0.2, 0.25) is 0 Å². The molecular formula is C21H16FN5O2. The molecular weight excluding hydrogens is 373 g/mol. The summed E-state index contributed by atoms with van der Waals surface area (Å²) in [7, 11) is 0. The Morgan fingerprint density at radius 2 is 2.21 bits per heavy atom. The van der Waals surface area contributed by atoms with Crippen molar-refractivity contribution in [2.75, 3.05) is 5.32 Å². The van der Waals surface area contributed by atoms with Crippen molar-refractivity contribution in [1.29, 1.82) is 5.26 Å². The molecule has 0 spiro atoms. The van der Waals surface area contributed by atoms with Crippen LogP contribution in [0.15, 0.2) is 41.5 Å². The van der Waals surface area contributed by atoms with Crippen molar-refractivity contribution in [1.82, 2.24) is 4.98 Å². The van der Waals surface area contributed by atoms with Crippen LogP contribution in [0.1, 0.15) is 28.5 Å². The Bertz CT molecular complexity index is 1120. The highest BCUT2D eigenvalue weighted by Gasteiger charge is 2.64. The molecule has 3 unspecified atom stereocenters. The number of carbonyl (C=O) groups is 1. The predicted molar refractivity (Wildman–Crippen MR) is 103 cm³/mol. The van der Waals surface area contributed by atoms with E-state index in [1.54, 1.807) is 0 Å². The zero-order valence-electron chi connectivity index (χ0n) is 15.4. The summed E-state index contributed by atoms with van der Waals surface area (Å²) >= 11 is 0. The fourth-order valence-electron chi connectivity index (χ4n) is 3.77. The van der Waals surface area contributed by atoms with Gasteiger partial charge in [-0.15, -0.1) is 6.42 Å². The minimum atomic E-state index is -1.30. The second-order valence-corrected chi connectivity index (χ2v) is 7.02. The van der Waals surface area contributed by atoms with E-state index in [2.05, 4.69) is 21.2 Å². The Morgan fingerprint density at radius 3 is 2.86 bits per heavy atom. The molecule has 2 aromatic rings. The number of carbonyl (C=O) groups excluding carboxylic acids is 1. The van der Waals surface area contributed by atoms with E-state index >= 15 is 0 Å². The van der Waals surface area contributed by atoms with Gasteiger partial charge in [-0.2, -0.15) is 5.26 Å². The topological polar surface area (TPSA) is 113 Å². The molecule has 1 aromatic heterocycles. The van der Waals surface area contributed by atoms with Crippen molar-refractivity contribution in [2.24, 2.45) is 22.6 Å². The van der Waals surface area contributed by atoms with E-state index in [1.807, 2.05) is 13.0 Å². The monoisotopic (exact) mass is 389 g/mol. The third-order valence-corrected chi connectivity index (χ3v) is 5.30. The lowest BCUT2D eigenvalue weighted by Gasteiger charge is -2.29. The molecule has 2 heterocycles. The van der Waals surface area contributed by atoms with Gasteiger partial charge in [-0.1, -0.05) is 12.8 Å². The van der Waals surface area contributed by atoms with Crippen molar-refractivity contribution >= 4 is 17.6 Å². The fourth-order valence-corrected chi connectivity index (χ4v) is 3.77. The molecule has 1 saturated carbocycles. The van der Waals surface area contributed by atoms with E-state index in [0.29, 0.717) is 11.3 Å². The number of nitrogens with one attached hydrogen (secondary N) is 1. The van der Waals surface area contributed by atoms with Crippen LogP contribution in [0.25, 0.3) is 0 Å². The number of fused-ring (bicyclic) bond motifs is 1. The number of aliphatic imine (C=N–C) groups is 1. The van der Waals surface area contributed by atoms with Gasteiger partial charge in [0.05, 0.1) is 5.56 Å². The summed E-state index contributed by atoms with van der Waals surface area (Å²) < 4.78 is 20.2. The van der Waals surface area contributed by atoms with Crippen LogP contribution in [0.2, 0.25) is 0 Å². The molecule has 1 aliphatic heterocycles. The van der Waals surface area contributed by atoms with Gasteiger partial charge in [-0.05, 0) is 30.3 Å². The molecule has 1 fully saturated rings. The summed E-state index contributed by atoms with van der Waals surface area (Å²) in [5.74, 6) is 1.41. The molecule has 0 bridgehead atoms. The summed E-state index contributed by atoms with van der Waals surface area (Å²) in [4.78, 5) is 20.7. The van der Waals surface area contributed by atoms with Crippen molar-refractivity contribution in [3.05, 3.63) is 59.2 Å². The average molecular weight is 389 g/mol. The number of amides is 1. The van der Waals surface area contributed by atoms with Gasteiger partial charge in [0.1, 0.15) is 23.7 Å². The maximum atomic E-state index is 14.8. The zero-order chi connectivity index (χ0) is 20.8. The normalized spacial score (nSPS) is 26.8. The Labute approximate surface area is 166 Å². The Hall–Kier alpha value is -3.91. The first-order valence-electron chi connectivity index (χ1n) is 8.87. The number of ether oxygens (including phenoxy) is 1. The number of terminal acetylenes is 1. The standard InChI is InChI=1S/C21H16FN5O2/c1-3-21(17-11(2)18(17)29-20(24)27-21)14-8-13(5-6-15(14)22)26-19(28)16-7-4-12(9-23)10-25-16/h1,4-8,10-11,17-18H,2H3,(H2,24,27)(H,26,28)/t11?,17?,18?,21-/m1/s1. The second kappa shape index (κ2) is 6.61. The van der Waals surface area contributed by atoms with Gasteiger partial charge in [0, 0.05) is 29.3 Å². The van der Waals surface area contributed by atoms with Crippen LogP contribution in [0.3, 0.4) is 0 Å². The number of nitriles is 1. The highest BCUT2D eigenvalue weighted by atomic mass is 19.1. The average Bonchev–Trinajstić information content (AvgIpc) is 3.38. The molecule has 0 saturated heterocycles. The molecule has 144 valence electrons. The fraction of sp³-hybridized carbons (Fsp3) is 0.238. The molecule has 1 aromatic carbocycles. The van der Waals surface area contributed by atoms with Crippen LogP contribution >= 0.6 is 0 Å². The van der Waals surface area contributed by atoms with Crippen molar-refractivity contribution in [3.63, 3.8) is 0 Å². The Morgan fingerprint density at radius 1 is 1.41 bits per heavy atom. The molecule has 4 atom stereocenters. The zero-order valence-corrected chi connectivity index (χ0v) is 15.4. The van der Waals surface area contributed by atoms with Gasteiger partial charge >= 0.3 is 0 Å². The number of halogens is 1. The van der Waals surface area contributed by atoms with Gasteiger partial charge in [0.25, 0.3) is 11.9 Å². The number of nitrogens with zero attached hydrogens (tertiary/aromatic N) is 3.